The quantitative estimate of drug-likeness (QED) is 0.479. The van der Waals surface area contributed by atoms with Crippen molar-refractivity contribution in [3.05, 3.63) is 47.3 Å². The van der Waals surface area contributed by atoms with Gasteiger partial charge in [-0.15, -0.1) is 0 Å². The van der Waals surface area contributed by atoms with Gasteiger partial charge in [0, 0.05) is 0 Å². The van der Waals surface area contributed by atoms with Gasteiger partial charge in [0.2, 0.25) is 7.05 Å². The summed E-state index contributed by atoms with van der Waals surface area (Å²) in [5.41, 5.74) is 1.32. The van der Waals surface area contributed by atoms with Crippen molar-refractivity contribution in [2.24, 2.45) is 0 Å². The van der Waals surface area contributed by atoms with E-state index >= 15 is 0 Å². The van der Waals surface area contributed by atoms with E-state index in [2.05, 4.69) is 23.9 Å². The highest BCUT2D eigenvalue weighted by Crippen LogP contribution is 1.92. The van der Waals surface area contributed by atoms with Gasteiger partial charge in [-0.3, -0.25) is 0 Å². The van der Waals surface area contributed by atoms with Crippen LogP contribution in [0.15, 0.2) is 30.3 Å². The molecule has 0 atom stereocenters. The molecule has 1 aromatic rings. The van der Waals surface area contributed by atoms with Crippen LogP contribution in [-0.2, 0) is 0 Å². The molecule has 0 heterocycles. The molecule has 0 aliphatic heterocycles. The minimum atomic E-state index is 1.32. The van der Waals surface area contributed by atoms with Crippen molar-refractivity contribution in [2.75, 3.05) is 7.05 Å². The van der Waals surface area contributed by atoms with Gasteiger partial charge in [-0.1, -0.05) is 35.9 Å². The maximum atomic E-state index is 5.83. The minimum absolute atomic E-state index is 1.32. The van der Waals surface area contributed by atoms with Gasteiger partial charge in [0.05, 0.1) is 0 Å². The van der Waals surface area contributed by atoms with Crippen molar-refractivity contribution in [1.82, 2.24) is 0 Å². The van der Waals surface area contributed by atoms with E-state index in [0.29, 0.717) is 0 Å². The summed E-state index contributed by atoms with van der Waals surface area (Å²) in [6.45, 7) is 7.92. The zero-order valence-electron chi connectivity index (χ0n) is 6.33. The molecule has 1 rings (SSSR count). The molecule has 0 saturated carbocycles. The van der Waals surface area contributed by atoms with Crippen LogP contribution in [0.4, 0.5) is 0 Å². The molecule has 0 unspecified atom stereocenters. The summed E-state index contributed by atoms with van der Waals surface area (Å²) in [5, 5.41) is 0. The lowest BCUT2D eigenvalue weighted by Crippen LogP contribution is -1.62. The van der Waals surface area contributed by atoms with Crippen molar-refractivity contribution in [3.63, 3.8) is 0 Å². The predicted molar refractivity (Wildman–Crippen MR) is 43.7 cm³/mol. The molecule has 0 amide bonds. The fourth-order valence-electron chi connectivity index (χ4n) is 0.534. The normalized spacial score (nSPS) is 6.90. The molecular weight excluding hydrogens is 122 g/mol. The second-order valence-corrected chi connectivity index (χ2v) is 1.88. The lowest BCUT2D eigenvalue weighted by molar-refractivity contribution is 1.48. The maximum Gasteiger partial charge on any atom is 0.205 e. The van der Waals surface area contributed by atoms with Crippen molar-refractivity contribution >= 4 is 0 Å². The lowest BCUT2D eigenvalue weighted by atomic mass is 10.2. The SMILES string of the molecule is Cc1ccccc1.[C-]#[N+]C. The molecule has 0 bridgehead atoms. The predicted octanol–water partition coefficient (Wildman–Crippen LogP) is 2.53. The molecule has 1 nitrogen and oxygen atoms in total. The fourth-order valence-corrected chi connectivity index (χ4v) is 0.534. The molecule has 0 N–H and O–H groups in total. The molecule has 0 aliphatic rings. The number of aryl methyl sites for hydroxylation is 1. The Kier molecular flexibility index (Phi) is 5.09. The van der Waals surface area contributed by atoms with Crippen LogP contribution in [0.25, 0.3) is 4.85 Å². The van der Waals surface area contributed by atoms with Gasteiger partial charge in [0.15, 0.2) is 0 Å². The Morgan fingerprint density at radius 1 is 1.20 bits per heavy atom. The van der Waals surface area contributed by atoms with Crippen LogP contribution in [0.5, 0.6) is 0 Å². The van der Waals surface area contributed by atoms with Gasteiger partial charge in [-0.2, -0.15) is 0 Å². The first-order chi connectivity index (χ1) is 4.81. The average Bonchev–Trinajstić information content (AvgIpc) is 1.91. The topological polar surface area (TPSA) is 4.36 Å². The number of hydrogen-bond donors (Lipinski definition) is 0. The summed E-state index contributed by atoms with van der Waals surface area (Å²) in [6.07, 6.45) is 0. The van der Waals surface area contributed by atoms with Gasteiger partial charge in [-0.05, 0) is 6.92 Å². The molecule has 0 saturated heterocycles. The third kappa shape index (κ3) is 4.86. The monoisotopic (exact) mass is 133 g/mol. The van der Waals surface area contributed by atoms with Crippen LogP contribution in [-0.4, -0.2) is 7.05 Å². The Labute approximate surface area is 62.1 Å². The molecule has 0 aromatic heterocycles. The lowest BCUT2D eigenvalue weighted by Gasteiger charge is -1.82. The first-order valence-electron chi connectivity index (χ1n) is 3.08. The molecular formula is C9H11N. The van der Waals surface area contributed by atoms with E-state index in [1.54, 1.807) is 0 Å². The summed E-state index contributed by atoms with van der Waals surface area (Å²) < 4.78 is 0. The Hall–Kier alpha value is -1.29. The number of hydrogen-bond acceptors (Lipinski definition) is 0. The third-order valence-electron chi connectivity index (χ3n) is 0.940. The van der Waals surface area contributed by atoms with Crippen LogP contribution >= 0.6 is 0 Å². The molecule has 1 heteroatoms. The standard InChI is InChI=1S/C7H8.C2H3N/c1-7-5-3-2-4-6-7;1-3-2/h2-6H,1H3;1H3. The van der Waals surface area contributed by atoms with Crippen molar-refractivity contribution in [1.29, 1.82) is 0 Å². The number of benzene rings is 1. The molecule has 1 aromatic carbocycles. The molecule has 10 heavy (non-hydrogen) atoms. The van der Waals surface area contributed by atoms with Crippen molar-refractivity contribution in [2.45, 2.75) is 6.92 Å². The summed E-state index contributed by atoms with van der Waals surface area (Å²) >= 11 is 0. The summed E-state index contributed by atoms with van der Waals surface area (Å²) in [4.78, 5) is 2.75. The highest BCUT2D eigenvalue weighted by molar-refractivity contribution is 5.11. The molecule has 0 radical (unpaired) electrons. The van der Waals surface area contributed by atoms with Gasteiger partial charge in [0.1, 0.15) is 0 Å². The van der Waals surface area contributed by atoms with Crippen molar-refractivity contribution < 1.29 is 0 Å². The van der Waals surface area contributed by atoms with E-state index in [1.165, 1.54) is 12.6 Å². The molecule has 52 valence electrons. The van der Waals surface area contributed by atoms with Crippen LogP contribution in [0.3, 0.4) is 0 Å². The summed E-state index contributed by atoms with van der Waals surface area (Å²) in [6, 6.07) is 10.3. The maximum absolute atomic E-state index is 5.83. The molecule has 0 aliphatic carbocycles. The van der Waals surface area contributed by atoms with Crippen LogP contribution in [0, 0.1) is 13.5 Å². The van der Waals surface area contributed by atoms with Gasteiger partial charge in [-0.25, -0.2) is 6.57 Å². The largest absolute Gasteiger partial charge is 0.320 e. The smallest absolute Gasteiger partial charge is 0.205 e. The second kappa shape index (κ2) is 5.84. The minimum Gasteiger partial charge on any atom is -0.320 e. The fraction of sp³-hybridized carbons (Fsp3) is 0.222. The molecule has 0 spiro atoms. The first kappa shape index (κ1) is 8.71. The van der Waals surface area contributed by atoms with Gasteiger partial charge in [0.25, 0.3) is 0 Å². The van der Waals surface area contributed by atoms with E-state index < -0.39 is 0 Å². The highest BCUT2D eigenvalue weighted by atomic mass is 14.5. The van der Waals surface area contributed by atoms with Gasteiger partial charge < -0.3 is 4.85 Å². The average molecular weight is 133 g/mol. The Morgan fingerprint density at radius 3 is 1.80 bits per heavy atom. The van der Waals surface area contributed by atoms with E-state index in [9.17, 15) is 0 Å². The van der Waals surface area contributed by atoms with Crippen LogP contribution in [0.1, 0.15) is 5.56 Å². The summed E-state index contributed by atoms with van der Waals surface area (Å²) in [7, 11) is 1.42. The van der Waals surface area contributed by atoms with Crippen molar-refractivity contribution in [3.8, 4) is 0 Å². The van der Waals surface area contributed by atoms with E-state index in [4.69, 9.17) is 6.57 Å². The third-order valence-corrected chi connectivity index (χ3v) is 0.940. The van der Waals surface area contributed by atoms with Crippen LogP contribution < -0.4 is 0 Å². The Balaban J connectivity index is 0.000000236. The van der Waals surface area contributed by atoms with Gasteiger partial charge >= 0.3 is 0 Å². The Morgan fingerprint density at radius 2 is 1.60 bits per heavy atom. The Bertz CT molecular complexity index is 196. The zero-order valence-corrected chi connectivity index (χ0v) is 6.33. The summed E-state index contributed by atoms with van der Waals surface area (Å²) in [5.74, 6) is 0. The highest BCUT2D eigenvalue weighted by Gasteiger charge is 1.72. The zero-order chi connectivity index (χ0) is 7.82. The number of nitrogens with zero attached hydrogens (tertiary/aromatic N) is 1. The second-order valence-electron chi connectivity index (χ2n) is 1.88. The molecule has 0 fully saturated rings. The van der Waals surface area contributed by atoms with E-state index in [-0.39, 0.29) is 0 Å². The number of rotatable bonds is 0. The van der Waals surface area contributed by atoms with Crippen LogP contribution in [0.2, 0.25) is 0 Å². The van der Waals surface area contributed by atoms with E-state index in [1.807, 2.05) is 18.2 Å². The van der Waals surface area contributed by atoms with E-state index in [0.717, 1.165) is 0 Å². The first-order valence-corrected chi connectivity index (χ1v) is 3.08.